The summed E-state index contributed by atoms with van der Waals surface area (Å²) in [4.78, 5) is 24.9. The Morgan fingerprint density at radius 3 is 2.84 bits per heavy atom. The molecule has 1 aliphatic heterocycles. The second kappa shape index (κ2) is 9.08. The van der Waals surface area contributed by atoms with Gasteiger partial charge in [-0.15, -0.1) is 0 Å². The first-order valence-electron chi connectivity index (χ1n) is 10.4. The number of pyridine rings is 2. The van der Waals surface area contributed by atoms with Crippen LogP contribution in [0.5, 0.6) is 11.5 Å². The van der Waals surface area contributed by atoms with Crippen molar-refractivity contribution < 1.29 is 14.6 Å². The van der Waals surface area contributed by atoms with Gasteiger partial charge in [-0.2, -0.15) is 5.26 Å². The van der Waals surface area contributed by atoms with Crippen LogP contribution in [0.3, 0.4) is 0 Å². The third-order valence-electron chi connectivity index (χ3n) is 5.58. The van der Waals surface area contributed by atoms with Gasteiger partial charge in [-0.3, -0.25) is 4.79 Å². The maximum absolute atomic E-state index is 12.2. The lowest BCUT2D eigenvalue weighted by Gasteiger charge is -2.40. The van der Waals surface area contributed by atoms with E-state index < -0.39 is 0 Å². The van der Waals surface area contributed by atoms with E-state index in [0.29, 0.717) is 53.6 Å². The number of hydrogen-bond acceptors (Lipinski definition) is 7. The predicted molar refractivity (Wildman–Crippen MR) is 115 cm³/mol. The number of rotatable bonds is 6. The quantitative estimate of drug-likeness (QED) is 0.687. The number of amides is 1. The van der Waals surface area contributed by atoms with Crippen molar-refractivity contribution in [3.8, 4) is 17.6 Å². The Hall–Kier alpha value is -2.89. The Labute approximate surface area is 186 Å². The van der Waals surface area contributed by atoms with Crippen molar-refractivity contribution in [3.63, 3.8) is 0 Å². The summed E-state index contributed by atoms with van der Waals surface area (Å²) < 4.78 is 6.04. The van der Waals surface area contributed by atoms with Gasteiger partial charge < -0.3 is 19.6 Å². The van der Waals surface area contributed by atoms with E-state index in [-0.39, 0.29) is 25.0 Å². The summed E-state index contributed by atoms with van der Waals surface area (Å²) in [6, 6.07) is 7.30. The van der Waals surface area contributed by atoms with Crippen LogP contribution in [0.2, 0.25) is 5.15 Å². The first-order valence-corrected chi connectivity index (χ1v) is 10.8. The lowest BCUT2D eigenvalue weighted by atomic mass is 10.1. The van der Waals surface area contributed by atoms with Gasteiger partial charge in [-0.25, -0.2) is 9.97 Å². The van der Waals surface area contributed by atoms with E-state index in [0.717, 1.165) is 18.5 Å². The first-order chi connectivity index (χ1) is 15.0. The lowest BCUT2D eigenvalue weighted by Crippen LogP contribution is -2.54. The minimum absolute atomic E-state index is 0.0413. The van der Waals surface area contributed by atoms with Gasteiger partial charge in [0.25, 0.3) is 0 Å². The maximum atomic E-state index is 12.2. The fourth-order valence-electron chi connectivity index (χ4n) is 3.89. The summed E-state index contributed by atoms with van der Waals surface area (Å²) >= 11 is 5.97. The topological polar surface area (TPSA) is 103 Å². The highest BCUT2D eigenvalue weighted by molar-refractivity contribution is 6.29. The lowest BCUT2D eigenvalue weighted by molar-refractivity contribution is -0.134. The third kappa shape index (κ3) is 4.73. The maximum Gasteiger partial charge on any atom is 0.225 e. The number of anilines is 1. The average Bonchev–Trinajstić information content (AvgIpc) is 3.59. The van der Waals surface area contributed by atoms with Crippen LogP contribution in [0.15, 0.2) is 24.4 Å². The zero-order valence-electron chi connectivity index (χ0n) is 17.3. The fraction of sp³-hybridized carbons (Fsp3) is 0.455. The Kier molecular flexibility index (Phi) is 6.25. The molecule has 2 aliphatic rings. The molecule has 1 aliphatic carbocycles. The molecule has 31 heavy (non-hydrogen) atoms. The number of aromatic nitrogens is 2. The van der Waals surface area contributed by atoms with Crippen molar-refractivity contribution >= 4 is 23.3 Å². The number of piperazine rings is 1. The number of hydrogen-bond donors (Lipinski definition) is 1. The number of halogens is 1. The molecule has 8 nitrogen and oxygen atoms in total. The van der Waals surface area contributed by atoms with Crippen molar-refractivity contribution in [3.05, 3.63) is 40.8 Å². The molecule has 3 heterocycles. The van der Waals surface area contributed by atoms with E-state index in [1.54, 1.807) is 29.3 Å². The van der Waals surface area contributed by atoms with E-state index in [9.17, 15) is 10.1 Å². The molecule has 0 radical (unpaired) electrons. The molecule has 1 unspecified atom stereocenters. The van der Waals surface area contributed by atoms with Gasteiger partial charge >= 0.3 is 0 Å². The van der Waals surface area contributed by atoms with Crippen LogP contribution < -0.4 is 9.64 Å². The summed E-state index contributed by atoms with van der Waals surface area (Å²) in [7, 11) is 0. The zero-order chi connectivity index (χ0) is 22.0. The van der Waals surface area contributed by atoms with Crippen molar-refractivity contribution in [2.24, 2.45) is 0 Å². The van der Waals surface area contributed by atoms with E-state index in [2.05, 4.69) is 16.0 Å². The van der Waals surface area contributed by atoms with Gasteiger partial charge in [0.2, 0.25) is 5.91 Å². The van der Waals surface area contributed by atoms with Crippen LogP contribution in [0.1, 0.15) is 43.4 Å². The molecule has 9 heteroatoms. The third-order valence-corrected chi connectivity index (χ3v) is 5.79. The average molecular weight is 442 g/mol. The van der Waals surface area contributed by atoms with Crippen LogP contribution in [0.4, 0.5) is 5.82 Å². The van der Waals surface area contributed by atoms with E-state index in [4.69, 9.17) is 26.4 Å². The van der Waals surface area contributed by atoms with Crippen molar-refractivity contribution in [2.75, 3.05) is 31.1 Å². The van der Waals surface area contributed by atoms with E-state index >= 15 is 0 Å². The minimum atomic E-state index is -0.152. The van der Waals surface area contributed by atoms with Gasteiger partial charge in [0, 0.05) is 56.3 Å². The molecule has 1 atom stereocenters. The number of carbonyl (C=O) groups excluding carboxylic acids is 1. The van der Waals surface area contributed by atoms with Crippen molar-refractivity contribution in [1.82, 2.24) is 14.9 Å². The van der Waals surface area contributed by atoms with Crippen LogP contribution in [0.25, 0.3) is 0 Å². The molecule has 1 N–H and O–H groups in total. The Morgan fingerprint density at radius 1 is 1.39 bits per heavy atom. The molecule has 1 saturated heterocycles. The van der Waals surface area contributed by atoms with Gasteiger partial charge in [0.1, 0.15) is 22.8 Å². The summed E-state index contributed by atoms with van der Waals surface area (Å²) in [5.74, 6) is 2.00. The van der Waals surface area contributed by atoms with Crippen LogP contribution in [-0.4, -0.2) is 58.2 Å². The van der Waals surface area contributed by atoms with Crippen LogP contribution in [-0.2, 0) is 4.79 Å². The number of nitriles is 1. The van der Waals surface area contributed by atoms with Gasteiger partial charge in [0.15, 0.2) is 5.75 Å². The molecule has 0 aromatic carbocycles. The molecular formula is C22H24ClN5O3. The van der Waals surface area contributed by atoms with E-state index in [1.165, 1.54) is 0 Å². The highest BCUT2D eigenvalue weighted by Gasteiger charge is 2.33. The standard InChI is InChI=1S/C22H24ClN5O3/c1-14-13-27(7-8-28(14)20(30)5-9-29)22-16(12-24)10-18(21(26-22)15-2-3-15)31-17-4-6-25-19(23)11-17/h4,6,10-11,14-15,29H,2-3,5,7-9,13H2,1H3. The fourth-order valence-corrected chi connectivity index (χ4v) is 4.05. The summed E-state index contributed by atoms with van der Waals surface area (Å²) in [5, 5.41) is 19.2. The molecule has 0 spiro atoms. The predicted octanol–water partition coefficient (Wildman–Crippen LogP) is 3.09. The molecule has 1 saturated carbocycles. The van der Waals surface area contributed by atoms with Crippen LogP contribution >= 0.6 is 11.6 Å². The van der Waals surface area contributed by atoms with Crippen molar-refractivity contribution in [1.29, 1.82) is 5.26 Å². The van der Waals surface area contributed by atoms with Crippen LogP contribution in [0, 0.1) is 11.3 Å². The Bertz CT molecular complexity index is 1020. The minimum Gasteiger partial charge on any atom is -0.455 e. The first kappa shape index (κ1) is 21.3. The molecule has 2 fully saturated rings. The smallest absolute Gasteiger partial charge is 0.225 e. The highest BCUT2D eigenvalue weighted by Crippen LogP contribution is 2.45. The largest absolute Gasteiger partial charge is 0.455 e. The molecule has 4 rings (SSSR count). The molecule has 2 aromatic heterocycles. The Balaban J connectivity index is 1.61. The number of carbonyl (C=O) groups is 1. The molecular weight excluding hydrogens is 418 g/mol. The van der Waals surface area contributed by atoms with Gasteiger partial charge in [-0.05, 0) is 25.8 Å². The Morgan fingerprint density at radius 2 is 2.19 bits per heavy atom. The zero-order valence-corrected chi connectivity index (χ0v) is 18.0. The van der Waals surface area contributed by atoms with E-state index in [1.807, 2.05) is 6.92 Å². The number of aliphatic hydroxyl groups excluding tert-OH is 1. The van der Waals surface area contributed by atoms with Crippen molar-refractivity contribution in [2.45, 2.75) is 38.1 Å². The second-order valence-corrected chi connectivity index (χ2v) is 8.29. The molecule has 162 valence electrons. The monoisotopic (exact) mass is 441 g/mol. The number of nitrogens with zero attached hydrogens (tertiary/aromatic N) is 5. The second-order valence-electron chi connectivity index (χ2n) is 7.90. The molecule has 1 amide bonds. The number of ether oxygens (including phenoxy) is 1. The number of aliphatic hydroxyl groups is 1. The summed E-state index contributed by atoms with van der Waals surface area (Å²) in [6.07, 6.45) is 3.76. The molecule has 2 aromatic rings. The summed E-state index contributed by atoms with van der Waals surface area (Å²) in [5.41, 5.74) is 1.27. The SMILES string of the molecule is CC1CN(c2nc(C3CC3)c(Oc3ccnc(Cl)c3)cc2C#N)CCN1C(=O)CCO. The van der Waals surface area contributed by atoms with Gasteiger partial charge in [0.05, 0.1) is 17.9 Å². The molecule has 0 bridgehead atoms. The normalized spacial score (nSPS) is 18.6. The highest BCUT2D eigenvalue weighted by atomic mass is 35.5. The summed E-state index contributed by atoms with van der Waals surface area (Å²) in [6.45, 7) is 3.50. The van der Waals surface area contributed by atoms with Gasteiger partial charge in [-0.1, -0.05) is 11.6 Å².